The summed E-state index contributed by atoms with van der Waals surface area (Å²) < 4.78 is 5.41. The number of halogens is 1. The second-order valence-electron chi connectivity index (χ2n) is 5.37. The van der Waals surface area contributed by atoms with Gasteiger partial charge in [0.15, 0.2) is 0 Å². The second kappa shape index (κ2) is 7.50. The van der Waals surface area contributed by atoms with Crippen molar-refractivity contribution in [2.24, 2.45) is 5.92 Å². The minimum Gasteiger partial charge on any atom is -0.445 e. The van der Waals surface area contributed by atoms with Crippen LogP contribution in [0.15, 0.2) is 30.3 Å². The van der Waals surface area contributed by atoms with Crippen LogP contribution < -0.4 is 4.84 Å². The maximum atomic E-state index is 12.2. The van der Waals surface area contributed by atoms with Crippen LogP contribution in [0.4, 0.5) is 4.79 Å². The van der Waals surface area contributed by atoms with Gasteiger partial charge in [-0.25, -0.2) is 9.63 Å². The number of piperidine rings is 1. The molecule has 1 saturated heterocycles. The standard InChI is InChI=1S/C15H21ClN2O2/c1-12-7-8-14(9-17-16)18(10-12)15(19)20-11-13-5-3-2-4-6-13/h2-6,12,14,17H,7-11H2,1H3/t12-,14+/m1/s1. The fraction of sp³-hybridized carbons (Fsp3) is 0.533. The normalized spacial score (nSPS) is 22.6. The van der Waals surface area contributed by atoms with E-state index in [-0.39, 0.29) is 12.1 Å². The van der Waals surface area contributed by atoms with Gasteiger partial charge < -0.3 is 9.64 Å². The van der Waals surface area contributed by atoms with E-state index in [0.717, 1.165) is 24.9 Å². The summed E-state index contributed by atoms with van der Waals surface area (Å²) in [6.45, 7) is 3.79. The first-order valence-electron chi connectivity index (χ1n) is 7.01. The first-order chi connectivity index (χ1) is 9.70. The number of hydrogen-bond acceptors (Lipinski definition) is 3. The van der Waals surface area contributed by atoms with Crippen LogP contribution in [-0.2, 0) is 11.3 Å². The molecule has 1 aliphatic rings. The third-order valence-corrected chi connectivity index (χ3v) is 3.85. The first kappa shape index (κ1) is 15.1. The maximum Gasteiger partial charge on any atom is 0.410 e. The van der Waals surface area contributed by atoms with Crippen LogP contribution in [0, 0.1) is 5.92 Å². The smallest absolute Gasteiger partial charge is 0.410 e. The highest BCUT2D eigenvalue weighted by atomic mass is 35.5. The third kappa shape index (κ3) is 4.12. The Kier molecular flexibility index (Phi) is 5.68. The van der Waals surface area contributed by atoms with Crippen LogP contribution in [0.2, 0.25) is 0 Å². The lowest BCUT2D eigenvalue weighted by molar-refractivity contribution is 0.0580. The Morgan fingerprint density at radius 1 is 1.40 bits per heavy atom. The van der Waals surface area contributed by atoms with Crippen molar-refractivity contribution in [2.45, 2.75) is 32.4 Å². The molecule has 0 aromatic heterocycles. The molecule has 1 amide bonds. The van der Waals surface area contributed by atoms with E-state index in [4.69, 9.17) is 16.5 Å². The van der Waals surface area contributed by atoms with Crippen LogP contribution in [0.25, 0.3) is 0 Å². The Morgan fingerprint density at radius 3 is 2.85 bits per heavy atom. The number of amides is 1. The van der Waals surface area contributed by atoms with E-state index in [1.54, 1.807) is 4.90 Å². The SMILES string of the molecule is C[C@@H]1CC[C@@H](CNCl)N(C(=O)OCc2ccccc2)C1. The Balaban J connectivity index is 1.91. The monoisotopic (exact) mass is 296 g/mol. The van der Waals surface area contributed by atoms with Gasteiger partial charge in [0.2, 0.25) is 0 Å². The molecule has 1 fully saturated rings. The summed E-state index contributed by atoms with van der Waals surface area (Å²) in [7, 11) is 0. The van der Waals surface area contributed by atoms with Crippen LogP contribution in [0.5, 0.6) is 0 Å². The van der Waals surface area contributed by atoms with Crippen LogP contribution in [0.3, 0.4) is 0 Å². The highest BCUT2D eigenvalue weighted by Crippen LogP contribution is 2.22. The molecule has 110 valence electrons. The lowest BCUT2D eigenvalue weighted by atomic mass is 9.95. The fourth-order valence-corrected chi connectivity index (χ4v) is 2.71. The Morgan fingerprint density at radius 2 is 2.15 bits per heavy atom. The van der Waals surface area contributed by atoms with Gasteiger partial charge in [0, 0.05) is 19.1 Å². The molecule has 5 heteroatoms. The van der Waals surface area contributed by atoms with Crippen molar-refractivity contribution in [3.05, 3.63) is 35.9 Å². The molecular formula is C15H21ClN2O2. The zero-order chi connectivity index (χ0) is 14.4. The number of rotatable bonds is 4. The molecule has 20 heavy (non-hydrogen) atoms. The number of nitrogens with one attached hydrogen (secondary N) is 1. The predicted molar refractivity (Wildman–Crippen MR) is 79.4 cm³/mol. The molecule has 1 aliphatic heterocycles. The van der Waals surface area contributed by atoms with Crippen molar-refractivity contribution in [1.82, 2.24) is 9.74 Å². The van der Waals surface area contributed by atoms with E-state index in [1.807, 2.05) is 30.3 Å². The van der Waals surface area contributed by atoms with E-state index < -0.39 is 0 Å². The number of ether oxygens (including phenoxy) is 1. The summed E-state index contributed by atoms with van der Waals surface area (Å²) in [5, 5.41) is 0. The molecule has 1 aromatic carbocycles. The van der Waals surface area contributed by atoms with E-state index in [0.29, 0.717) is 19.1 Å². The molecule has 0 spiro atoms. The molecule has 0 bridgehead atoms. The average molecular weight is 297 g/mol. The summed E-state index contributed by atoms with van der Waals surface area (Å²) in [4.78, 5) is 16.7. The van der Waals surface area contributed by atoms with E-state index in [1.165, 1.54) is 0 Å². The molecule has 0 radical (unpaired) electrons. The molecule has 2 rings (SSSR count). The summed E-state index contributed by atoms with van der Waals surface area (Å²) in [5.41, 5.74) is 0.998. The van der Waals surface area contributed by atoms with E-state index >= 15 is 0 Å². The van der Waals surface area contributed by atoms with Crippen LogP contribution in [-0.4, -0.2) is 30.1 Å². The molecule has 2 atom stereocenters. The molecule has 0 saturated carbocycles. The first-order valence-corrected chi connectivity index (χ1v) is 7.39. The largest absolute Gasteiger partial charge is 0.445 e. The molecule has 1 heterocycles. The number of benzene rings is 1. The van der Waals surface area contributed by atoms with Crippen molar-refractivity contribution in [3.8, 4) is 0 Å². The van der Waals surface area contributed by atoms with Gasteiger partial charge in [-0.15, -0.1) is 0 Å². The summed E-state index contributed by atoms with van der Waals surface area (Å²) in [5.74, 6) is 0.505. The van der Waals surface area contributed by atoms with Crippen molar-refractivity contribution in [1.29, 1.82) is 0 Å². The van der Waals surface area contributed by atoms with Gasteiger partial charge in [-0.1, -0.05) is 37.3 Å². The Labute approximate surface area is 125 Å². The second-order valence-corrected chi connectivity index (χ2v) is 5.63. The summed E-state index contributed by atoms with van der Waals surface area (Å²) in [6.07, 6.45) is 1.82. The quantitative estimate of drug-likeness (QED) is 0.868. The molecule has 1 N–H and O–H groups in total. The minimum absolute atomic E-state index is 0.118. The topological polar surface area (TPSA) is 41.6 Å². The Bertz CT molecular complexity index is 427. The molecule has 0 aliphatic carbocycles. The molecule has 4 nitrogen and oxygen atoms in total. The van der Waals surface area contributed by atoms with Crippen molar-refractivity contribution < 1.29 is 9.53 Å². The van der Waals surface area contributed by atoms with Crippen LogP contribution >= 0.6 is 11.8 Å². The lowest BCUT2D eigenvalue weighted by Crippen LogP contribution is -2.49. The number of carbonyl (C=O) groups excluding carboxylic acids is 1. The summed E-state index contributed by atoms with van der Waals surface area (Å²) >= 11 is 5.59. The number of nitrogens with zero attached hydrogens (tertiary/aromatic N) is 1. The van der Waals surface area contributed by atoms with Crippen molar-refractivity contribution in [2.75, 3.05) is 13.1 Å². The third-order valence-electron chi connectivity index (χ3n) is 3.69. The molecule has 1 aromatic rings. The van der Waals surface area contributed by atoms with E-state index in [2.05, 4.69) is 11.8 Å². The van der Waals surface area contributed by atoms with Crippen molar-refractivity contribution in [3.63, 3.8) is 0 Å². The predicted octanol–water partition coefficient (Wildman–Crippen LogP) is 3.17. The lowest BCUT2D eigenvalue weighted by Gasteiger charge is -2.37. The molecule has 0 unspecified atom stereocenters. The minimum atomic E-state index is -0.252. The van der Waals surface area contributed by atoms with Gasteiger partial charge in [-0.05, 0) is 36.1 Å². The van der Waals surface area contributed by atoms with Gasteiger partial charge in [-0.3, -0.25) is 0 Å². The molecular weight excluding hydrogens is 276 g/mol. The number of likely N-dealkylation sites (tertiary alicyclic amines) is 1. The average Bonchev–Trinajstić information content (AvgIpc) is 2.48. The number of carbonyl (C=O) groups is 1. The Hall–Kier alpha value is -1.26. The summed E-state index contributed by atoms with van der Waals surface area (Å²) in [6, 6.07) is 9.83. The van der Waals surface area contributed by atoms with Gasteiger partial charge in [0.1, 0.15) is 6.61 Å². The zero-order valence-electron chi connectivity index (χ0n) is 11.7. The maximum absolute atomic E-state index is 12.2. The van der Waals surface area contributed by atoms with Gasteiger partial charge in [-0.2, -0.15) is 0 Å². The van der Waals surface area contributed by atoms with Gasteiger partial charge >= 0.3 is 6.09 Å². The fourth-order valence-electron chi connectivity index (χ4n) is 2.54. The van der Waals surface area contributed by atoms with Crippen molar-refractivity contribution >= 4 is 17.9 Å². The van der Waals surface area contributed by atoms with Crippen LogP contribution in [0.1, 0.15) is 25.3 Å². The number of hydrogen-bond donors (Lipinski definition) is 1. The van der Waals surface area contributed by atoms with Gasteiger partial charge in [0.05, 0.1) is 0 Å². The highest BCUT2D eigenvalue weighted by molar-refractivity contribution is 6.13. The highest BCUT2D eigenvalue weighted by Gasteiger charge is 2.30. The van der Waals surface area contributed by atoms with Gasteiger partial charge in [0.25, 0.3) is 0 Å². The zero-order valence-corrected chi connectivity index (χ0v) is 12.5. The van der Waals surface area contributed by atoms with E-state index in [9.17, 15) is 4.79 Å².